The van der Waals surface area contributed by atoms with E-state index in [4.69, 9.17) is 0 Å². The Bertz CT molecular complexity index is 400. The van der Waals surface area contributed by atoms with E-state index < -0.39 is 11.9 Å². The lowest BCUT2D eigenvalue weighted by atomic mass is 9.82. The van der Waals surface area contributed by atoms with Crippen molar-refractivity contribution in [1.82, 2.24) is 4.90 Å². The van der Waals surface area contributed by atoms with Crippen LogP contribution in [0.2, 0.25) is 0 Å². The summed E-state index contributed by atoms with van der Waals surface area (Å²) in [7, 11) is 1.81. The Kier molecular flexibility index (Phi) is 3.97. The second-order valence-electron chi connectivity index (χ2n) is 5.76. The molecule has 1 fully saturated rings. The lowest BCUT2D eigenvalue weighted by molar-refractivity contribution is -0.151. The zero-order chi connectivity index (χ0) is 14.2. The van der Waals surface area contributed by atoms with E-state index in [0.29, 0.717) is 0 Å². The van der Waals surface area contributed by atoms with Crippen LogP contribution in [-0.4, -0.2) is 35.0 Å². The van der Waals surface area contributed by atoms with Gasteiger partial charge in [-0.05, 0) is 31.1 Å². The zero-order valence-electron chi connectivity index (χ0n) is 11.9. The van der Waals surface area contributed by atoms with Crippen molar-refractivity contribution in [3.8, 4) is 0 Å². The molecule has 1 saturated carbocycles. The average molecular weight is 265 g/mol. The van der Waals surface area contributed by atoms with Crippen LogP contribution in [0.4, 0.5) is 0 Å². The maximum atomic E-state index is 12.6. The zero-order valence-corrected chi connectivity index (χ0v) is 11.9. The van der Waals surface area contributed by atoms with Gasteiger partial charge in [-0.3, -0.25) is 9.59 Å². The molecule has 0 saturated heterocycles. The fraction of sp³-hybridized carbons (Fsp3) is 0.733. The summed E-state index contributed by atoms with van der Waals surface area (Å²) in [6.45, 7) is 4.13. The van der Waals surface area contributed by atoms with Crippen LogP contribution in [0.5, 0.6) is 0 Å². The predicted octanol–water partition coefficient (Wildman–Crippen LogP) is 2.16. The van der Waals surface area contributed by atoms with E-state index in [9.17, 15) is 14.7 Å². The van der Waals surface area contributed by atoms with E-state index in [1.54, 1.807) is 4.90 Å². The highest BCUT2D eigenvalue weighted by Gasteiger charge is 2.52. The first kappa shape index (κ1) is 14.1. The van der Waals surface area contributed by atoms with Crippen molar-refractivity contribution in [1.29, 1.82) is 0 Å². The van der Waals surface area contributed by atoms with Crippen LogP contribution in [0.15, 0.2) is 12.2 Å². The Balaban J connectivity index is 2.18. The molecule has 0 aromatic carbocycles. The summed E-state index contributed by atoms with van der Waals surface area (Å²) in [5, 5.41) is 9.38. The fourth-order valence-electron chi connectivity index (χ4n) is 3.75. The molecule has 4 nitrogen and oxygen atoms in total. The van der Waals surface area contributed by atoms with Gasteiger partial charge in [0.15, 0.2) is 0 Å². The largest absolute Gasteiger partial charge is 0.481 e. The third-order valence-electron chi connectivity index (χ3n) is 4.87. The second-order valence-corrected chi connectivity index (χ2v) is 5.76. The molecule has 4 atom stereocenters. The molecule has 0 spiro atoms. The van der Waals surface area contributed by atoms with Gasteiger partial charge in [0, 0.05) is 13.1 Å². The number of allylic oxidation sites excluding steroid dienone is 2. The summed E-state index contributed by atoms with van der Waals surface area (Å²) in [5.74, 6) is -1.54. The van der Waals surface area contributed by atoms with Gasteiger partial charge < -0.3 is 10.0 Å². The first-order chi connectivity index (χ1) is 9.01. The number of fused-ring (bicyclic) bond motifs is 2. The highest BCUT2D eigenvalue weighted by molar-refractivity contribution is 5.87. The summed E-state index contributed by atoms with van der Waals surface area (Å²) in [5.41, 5.74) is 0. The Morgan fingerprint density at radius 2 is 1.74 bits per heavy atom. The fourth-order valence-corrected chi connectivity index (χ4v) is 3.75. The Morgan fingerprint density at radius 3 is 2.21 bits per heavy atom. The molecule has 2 aliphatic rings. The molecule has 0 aromatic heterocycles. The van der Waals surface area contributed by atoms with E-state index >= 15 is 0 Å². The maximum Gasteiger partial charge on any atom is 0.307 e. The maximum absolute atomic E-state index is 12.6. The molecule has 4 heteroatoms. The monoisotopic (exact) mass is 265 g/mol. The number of nitrogens with zero attached hydrogens (tertiary/aromatic N) is 1. The van der Waals surface area contributed by atoms with Crippen molar-refractivity contribution >= 4 is 11.9 Å². The topological polar surface area (TPSA) is 57.6 Å². The van der Waals surface area contributed by atoms with Crippen molar-refractivity contribution in [2.45, 2.75) is 39.2 Å². The molecular formula is C15H23NO3. The van der Waals surface area contributed by atoms with E-state index in [1.165, 1.54) is 0 Å². The highest BCUT2D eigenvalue weighted by Crippen LogP contribution is 2.48. The minimum atomic E-state index is -0.826. The van der Waals surface area contributed by atoms with Gasteiger partial charge in [0.1, 0.15) is 0 Å². The molecule has 2 rings (SSSR count). The third-order valence-corrected chi connectivity index (χ3v) is 4.87. The van der Waals surface area contributed by atoms with Gasteiger partial charge in [0.25, 0.3) is 0 Å². The van der Waals surface area contributed by atoms with Crippen LogP contribution in [-0.2, 0) is 9.59 Å². The van der Waals surface area contributed by atoms with Gasteiger partial charge in [-0.2, -0.15) is 0 Å². The molecule has 0 aromatic rings. The van der Waals surface area contributed by atoms with Crippen molar-refractivity contribution in [2.75, 3.05) is 7.05 Å². The third kappa shape index (κ3) is 2.28. The van der Waals surface area contributed by atoms with E-state index in [0.717, 1.165) is 19.3 Å². The highest BCUT2D eigenvalue weighted by atomic mass is 16.4. The molecular weight excluding hydrogens is 242 g/mol. The van der Waals surface area contributed by atoms with E-state index in [-0.39, 0.29) is 29.7 Å². The number of hydrogen-bond acceptors (Lipinski definition) is 2. The lowest BCUT2D eigenvalue weighted by Gasteiger charge is -2.33. The van der Waals surface area contributed by atoms with Gasteiger partial charge in [-0.1, -0.05) is 26.0 Å². The van der Waals surface area contributed by atoms with Crippen LogP contribution in [0.3, 0.4) is 0 Å². The Morgan fingerprint density at radius 1 is 1.21 bits per heavy atom. The van der Waals surface area contributed by atoms with Crippen LogP contribution in [0.1, 0.15) is 33.1 Å². The molecule has 0 aliphatic heterocycles. The predicted molar refractivity (Wildman–Crippen MR) is 72.5 cm³/mol. The van der Waals surface area contributed by atoms with Crippen LogP contribution >= 0.6 is 0 Å². The summed E-state index contributed by atoms with van der Waals surface area (Å²) >= 11 is 0. The smallest absolute Gasteiger partial charge is 0.307 e. The lowest BCUT2D eigenvalue weighted by Crippen LogP contribution is -2.45. The summed E-state index contributed by atoms with van der Waals surface area (Å²) in [4.78, 5) is 25.8. The molecule has 2 bridgehead atoms. The molecule has 2 unspecified atom stereocenters. The van der Waals surface area contributed by atoms with Crippen LogP contribution < -0.4 is 0 Å². The summed E-state index contributed by atoms with van der Waals surface area (Å²) < 4.78 is 0. The minimum Gasteiger partial charge on any atom is -0.481 e. The molecule has 2 aliphatic carbocycles. The minimum absolute atomic E-state index is 0.0120. The number of carboxylic acids is 1. The van der Waals surface area contributed by atoms with Crippen molar-refractivity contribution in [3.63, 3.8) is 0 Å². The number of carbonyl (C=O) groups is 2. The molecule has 0 radical (unpaired) electrons. The van der Waals surface area contributed by atoms with E-state index in [2.05, 4.69) is 13.8 Å². The van der Waals surface area contributed by atoms with Crippen LogP contribution in [0.25, 0.3) is 0 Å². The number of hydrogen-bond donors (Lipinski definition) is 1. The summed E-state index contributed by atoms with van der Waals surface area (Å²) in [6, 6.07) is 0.213. The second kappa shape index (κ2) is 5.35. The number of rotatable bonds is 5. The number of carbonyl (C=O) groups excluding carboxylic acids is 1. The standard InChI is InChI=1S/C15H23NO3/c1-4-11(5-2)16(3)14(17)12-9-6-7-10(8-9)13(12)15(18)19/h6-7,9-13H,4-5,8H2,1-3H3,(H,18,19)/t9?,10?,12-,13+/m0/s1. The molecule has 1 N–H and O–H groups in total. The van der Waals surface area contributed by atoms with Gasteiger partial charge in [0.05, 0.1) is 11.8 Å². The average Bonchev–Trinajstić information content (AvgIpc) is 2.99. The molecule has 106 valence electrons. The Labute approximate surface area is 114 Å². The van der Waals surface area contributed by atoms with Gasteiger partial charge in [-0.15, -0.1) is 0 Å². The van der Waals surface area contributed by atoms with Crippen LogP contribution in [0, 0.1) is 23.7 Å². The first-order valence-electron chi connectivity index (χ1n) is 7.19. The normalized spacial score (nSPS) is 32.0. The van der Waals surface area contributed by atoms with Gasteiger partial charge in [-0.25, -0.2) is 0 Å². The van der Waals surface area contributed by atoms with Gasteiger partial charge in [0.2, 0.25) is 5.91 Å². The van der Waals surface area contributed by atoms with Crippen molar-refractivity contribution in [3.05, 3.63) is 12.2 Å². The Hall–Kier alpha value is -1.32. The summed E-state index contributed by atoms with van der Waals surface area (Å²) in [6.07, 6.45) is 6.65. The number of carboxylic acid groups (broad SMARTS) is 1. The van der Waals surface area contributed by atoms with Gasteiger partial charge >= 0.3 is 5.97 Å². The number of amides is 1. The molecule has 19 heavy (non-hydrogen) atoms. The number of aliphatic carboxylic acids is 1. The molecule has 1 amide bonds. The SMILES string of the molecule is CCC(CC)N(C)C(=O)[C@H]1C2C=CC(C2)[C@H]1C(=O)O. The van der Waals surface area contributed by atoms with Crippen molar-refractivity contribution < 1.29 is 14.7 Å². The first-order valence-corrected chi connectivity index (χ1v) is 7.19. The molecule has 0 heterocycles. The quantitative estimate of drug-likeness (QED) is 0.775. The van der Waals surface area contributed by atoms with E-state index in [1.807, 2.05) is 19.2 Å². The van der Waals surface area contributed by atoms with Crippen molar-refractivity contribution in [2.24, 2.45) is 23.7 Å².